The Hall–Kier alpha value is -1.86. The second-order valence-electron chi connectivity index (χ2n) is 2.66. The Kier molecular flexibility index (Phi) is 3.83. The molecule has 0 saturated carbocycles. The zero-order chi connectivity index (χ0) is 11.3. The molecule has 0 bridgehead atoms. The SMILES string of the molecule is NC(=O)CONCc1ccoc1C(=O)O. The molecule has 1 rings (SSSR count). The van der Waals surface area contributed by atoms with Crippen LogP contribution >= 0.6 is 0 Å². The van der Waals surface area contributed by atoms with Crippen LogP contribution in [0.5, 0.6) is 0 Å². The second-order valence-corrected chi connectivity index (χ2v) is 2.66. The van der Waals surface area contributed by atoms with Gasteiger partial charge in [-0.2, -0.15) is 5.48 Å². The highest BCUT2D eigenvalue weighted by molar-refractivity contribution is 5.86. The molecular weight excluding hydrogens is 204 g/mol. The van der Waals surface area contributed by atoms with Crippen LogP contribution in [0.1, 0.15) is 16.1 Å². The Balaban J connectivity index is 2.40. The van der Waals surface area contributed by atoms with Crippen LogP contribution in [0.15, 0.2) is 16.7 Å². The predicted octanol–water partition coefficient (Wildman–Crippen LogP) is -0.516. The summed E-state index contributed by atoms with van der Waals surface area (Å²) >= 11 is 0. The number of carboxylic acid groups (broad SMARTS) is 1. The lowest BCUT2D eigenvalue weighted by Crippen LogP contribution is -2.24. The van der Waals surface area contributed by atoms with E-state index in [2.05, 4.69) is 10.3 Å². The number of hydrogen-bond acceptors (Lipinski definition) is 5. The quantitative estimate of drug-likeness (QED) is 0.433. The summed E-state index contributed by atoms with van der Waals surface area (Å²) in [7, 11) is 0. The molecule has 4 N–H and O–H groups in total. The van der Waals surface area contributed by atoms with Gasteiger partial charge in [0.15, 0.2) is 0 Å². The largest absolute Gasteiger partial charge is 0.475 e. The molecule has 0 aliphatic carbocycles. The van der Waals surface area contributed by atoms with Gasteiger partial charge in [0, 0.05) is 5.56 Å². The van der Waals surface area contributed by atoms with Gasteiger partial charge in [-0.1, -0.05) is 0 Å². The van der Waals surface area contributed by atoms with Crippen LogP contribution in [0.4, 0.5) is 0 Å². The van der Waals surface area contributed by atoms with E-state index in [9.17, 15) is 9.59 Å². The van der Waals surface area contributed by atoms with Crippen molar-refractivity contribution in [3.8, 4) is 0 Å². The first-order valence-corrected chi connectivity index (χ1v) is 4.04. The van der Waals surface area contributed by atoms with E-state index in [0.29, 0.717) is 5.56 Å². The molecule has 0 atom stereocenters. The van der Waals surface area contributed by atoms with E-state index >= 15 is 0 Å². The van der Waals surface area contributed by atoms with Crippen molar-refractivity contribution in [2.24, 2.45) is 5.73 Å². The lowest BCUT2D eigenvalue weighted by molar-refractivity contribution is -0.125. The smallest absolute Gasteiger partial charge is 0.372 e. The van der Waals surface area contributed by atoms with Crippen molar-refractivity contribution < 1.29 is 24.0 Å². The standard InChI is InChI=1S/C8H10N2O5/c9-6(11)4-15-10-3-5-1-2-14-7(5)8(12)13/h1-2,10H,3-4H2,(H2,9,11)(H,12,13). The summed E-state index contributed by atoms with van der Waals surface area (Å²) in [5, 5.41) is 8.66. The number of carbonyl (C=O) groups excluding carboxylic acids is 1. The summed E-state index contributed by atoms with van der Waals surface area (Å²) < 4.78 is 4.72. The average molecular weight is 214 g/mol. The fraction of sp³-hybridized carbons (Fsp3) is 0.250. The maximum Gasteiger partial charge on any atom is 0.372 e. The van der Waals surface area contributed by atoms with Gasteiger partial charge in [0.1, 0.15) is 6.61 Å². The van der Waals surface area contributed by atoms with Gasteiger partial charge in [-0.25, -0.2) is 4.79 Å². The normalized spacial score (nSPS) is 10.1. The van der Waals surface area contributed by atoms with Crippen LogP contribution in [-0.4, -0.2) is 23.6 Å². The van der Waals surface area contributed by atoms with Crippen LogP contribution in [-0.2, 0) is 16.2 Å². The van der Waals surface area contributed by atoms with E-state index in [-0.39, 0.29) is 18.9 Å². The van der Waals surface area contributed by atoms with E-state index in [1.807, 2.05) is 0 Å². The number of primary amides is 1. The van der Waals surface area contributed by atoms with Crippen LogP contribution in [0.3, 0.4) is 0 Å². The molecule has 0 unspecified atom stereocenters. The first-order valence-electron chi connectivity index (χ1n) is 4.04. The maximum atomic E-state index is 10.6. The zero-order valence-corrected chi connectivity index (χ0v) is 7.73. The summed E-state index contributed by atoms with van der Waals surface area (Å²) in [4.78, 5) is 25.5. The second kappa shape index (κ2) is 5.13. The first-order chi connectivity index (χ1) is 7.11. The highest BCUT2D eigenvalue weighted by atomic mass is 16.6. The molecule has 1 aromatic rings. The zero-order valence-electron chi connectivity index (χ0n) is 7.73. The number of nitrogens with two attached hydrogens (primary N) is 1. The van der Waals surface area contributed by atoms with Gasteiger partial charge in [-0.05, 0) is 6.07 Å². The molecule has 82 valence electrons. The number of rotatable bonds is 6. The number of furan rings is 1. The fourth-order valence-electron chi connectivity index (χ4n) is 0.913. The van der Waals surface area contributed by atoms with Crippen LogP contribution in [0.25, 0.3) is 0 Å². The van der Waals surface area contributed by atoms with Gasteiger partial charge in [-0.3, -0.25) is 9.63 Å². The summed E-state index contributed by atoms with van der Waals surface area (Å²) in [6.45, 7) is -0.161. The minimum Gasteiger partial charge on any atom is -0.475 e. The molecule has 1 aromatic heterocycles. The molecule has 0 aromatic carbocycles. The molecule has 15 heavy (non-hydrogen) atoms. The van der Waals surface area contributed by atoms with Crippen LogP contribution < -0.4 is 11.2 Å². The third-order valence-corrected chi connectivity index (χ3v) is 1.52. The molecule has 0 saturated heterocycles. The number of amides is 1. The monoisotopic (exact) mass is 214 g/mol. The summed E-state index contributed by atoms with van der Waals surface area (Å²) in [6.07, 6.45) is 1.26. The van der Waals surface area contributed by atoms with Crippen molar-refractivity contribution in [3.05, 3.63) is 23.7 Å². The molecule has 0 spiro atoms. The molecule has 0 aliphatic rings. The van der Waals surface area contributed by atoms with Crippen molar-refractivity contribution >= 4 is 11.9 Å². The topological polar surface area (TPSA) is 115 Å². The highest BCUT2D eigenvalue weighted by Gasteiger charge is 2.13. The van der Waals surface area contributed by atoms with Crippen molar-refractivity contribution in [1.29, 1.82) is 0 Å². The fourth-order valence-corrected chi connectivity index (χ4v) is 0.913. The molecule has 0 fully saturated rings. The lowest BCUT2D eigenvalue weighted by atomic mass is 10.2. The van der Waals surface area contributed by atoms with Crippen LogP contribution in [0.2, 0.25) is 0 Å². The van der Waals surface area contributed by atoms with Gasteiger partial charge in [0.2, 0.25) is 11.7 Å². The first kappa shape index (κ1) is 11.2. The highest BCUT2D eigenvalue weighted by Crippen LogP contribution is 2.09. The molecule has 7 nitrogen and oxygen atoms in total. The van der Waals surface area contributed by atoms with Gasteiger partial charge in [0.25, 0.3) is 0 Å². The molecule has 0 aliphatic heterocycles. The predicted molar refractivity (Wildman–Crippen MR) is 47.7 cm³/mol. The Morgan fingerprint density at radius 3 is 2.93 bits per heavy atom. The number of carbonyl (C=O) groups is 2. The van der Waals surface area contributed by atoms with E-state index in [1.54, 1.807) is 0 Å². The summed E-state index contributed by atoms with van der Waals surface area (Å²) in [5.74, 6) is -1.94. The molecule has 0 radical (unpaired) electrons. The third-order valence-electron chi connectivity index (χ3n) is 1.52. The van der Waals surface area contributed by atoms with Gasteiger partial charge in [-0.15, -0.1) is 0 Å². The van der Waals surface area contributed by atoms with E-state index < -0.39 is 11.9 Å². The van der Waals surface area contributed by atoms with Crippen molar-refractivity contribution in [1.82, 2.24) is 5.48 Å². The van der Waals surface area contributed by atoms with E-state index in [4.69, 9.17) is 15.3 Å². The number of hydroxylamine groups is 1. The number of hydrogen-bond donors (Lipinski definition) is 3. The van der Waals surface area contributed by atoms with Gasteiger partial charge < -0.3 is 15.3 Å². The van der Waals surface area contributed by atoms with Crippen LogP contribution in [0, 0.1) is 0 Å². The van der Waals surface area contributed by atoms with Crippen molar-refractivity contribution in [2.45, 2.75) is 6.54 Å². The summed E-state index contributed by atoms with van der Waals surface area (Å²) in [5.41, 5.74) is 7.63. The average Bonchev–Trinajstić information content (AvgIpc) is 2.60. The number of carboxylic acids is 1. The minimum atomic E-state index is -1.16. The Labute approximate surface area is 84.8 Å². The van der Waals surface area contributed by atoms with Crippen molar-refractivity contribution in [3.63, 3.8) is 0 Å². The third kappa shape index (κ3) is 3.41. The van der Waals surface area contributed by atoms with Gasteiger partial charge >= 0.3 is 5.97 Å². The minimum absolute atomic E-state index is 0.116. The maximum absolute atomic E-state index is 10.6. The molecular formula is C8H10N2O5. The van der Waals surface area contributed by atoms with Crippen molar-refractivity contribution in [2.75, 3.05) is 6.61 Å². The number of nitrogens with one attached hydrogen (secondary N) is 1. The molecule has 1 amide bonds. The molecule has 7 heteroatoms. The Morgan fingerprint density at radius 1 is 1.60 bits per heavy atom. The lowest BCUT2D eigenvalue weighted by Gasteiger charge is -2.02. The Bertz CT molecular complexity index is 360. The number of aromatic carboxylic acids is 1. The van der Waals surface area contributed by atoms with E-state index in [0.717, 1.165) is 0 Å². The summed E-state index contributed by atoms with van der Waals surface area (Å²) in [6, 6.07) is 1.49. The van der Waals surface area contributed by atoms with E-state index in [1.165, 1.54) is 12.3 Å². The Morgan fingerprint density at radius 2 is 2.33 bits per heavy atom. The van der Waals surface area contributed by atoms with Gasteiger partial charge in [0.05, 0.1) is 12.8 Å². The molecule has 1 heterocycles.